The van der Waals surface area contributed by atoms with Gasteiger partial charge >= 0.3 is 5.97 Å². The minimum atomic E-state index is -1.10. The Morgan fingerprint density at radius 1 is 1.15 bits per heavy atom. The van der Waals surface area contributed by atoms with Crippen molar-refractivity contribution in [1.29, 1.82) is 0 Å². The van der Waals surface area contributed by atoms with Crippen molar-refractivity contribution in [2.24, 2.45) is 0 Å². The van der Waals surface area contributed by atoms with Crippen LogP contribution in [0.5, 0.6) is 0 Å². The van der Waals surface area contributed by atoms with Crippen LogP contribution in [0.3, 0.4) is 0 Å². The van der Waals surface area contributed by atoms with Crippen LogP contribution < -0.4 is 5.32 Å². The molecule has 0 saturated heterocycles. The van der Waals surface area contributed by atoms with Crippen LogP contribution in [0.2, 0.25) is 15.1 Å². The highest BCUT2D eigenvalue weighted by Gasteiger charge is 2.11. The minimum absolute atomic E-state index is 0.00795. The molecule has 1 aromatic heterocycles. The fourth-order valence-corrected chi connectivity index (χ4v) is 2.16. The van der Waals surface area contributed by atoms with Gasteiger partial charge in [-0.3, -0.25) is 0 Å². The van der Waals surface area contributed by atoms with Gasteiger partial charge in [0.15, 0.2) is 0 Å². The van der Waals surface area contributed by atoms with E-state index in [9.17, 15) is 4.79 Å². The van der Waals surface area contributed by atoms with E-state index in [4.69, 9.17) is 39.9 Å². The van der Waals surface area contributed by atoms with Gasteiger partial charge in [-0.15, -0.1) is 0 Å². The Labute approximate surface area is 130 Å². The molecule has 2 rings (SSSR count). The van der Waals surface area contributed by atoms with Gasteiger partial charge in [0, 0.05) is 11.2 Å². The van der Waals surface area contributed by atoms with Gasteiger partial charge < -0.3 is 10.4 Å². The molecule has 104 valence electrons. The topological polar surface area (TPSA) is 62.2 Å². The number of nitrogens with one attached hydrogen (secondary N) is 1. The maximum absolute atomic E-state index is 10.8. The highest BCUT2D eigenvalue weighted by molar-refractivity contribution is 6.36. The van der Waals surface area contributed by atoms with Gasteiger partial charge in [0.1, 0.15) is 5.82 Å². The number of hydrogen-bond donors (Lipinski definition) is 2. The first-order chi connectivity index (χ1) is 9.38. The predicted molar refractivity (Wildman–Crippen MR) is 80.7 cm³/mol. The van der Waals surface area contributed by atoms with Gasteiger partial charge in [-0.05, 0) is 30.7 Å². The van der Waals surface area contributed by atoms with Crippen LogP contribution in [0.1, 0.15) is 15.9 Å². The second-order valence-corrected chi connectivity index (χ2v) is 5.29. The fraction of sp³-hybridized carbons (Fsp3) is 0.0769. The first-order valence-electron chi connectivity index (χ1n) is 5.50. The molecule has 4 nitrogen and oxygen atoms in total. The summed E-state index contributed by atoms with van der Waals surface area (Å²) in [5.41, 5.74) is 1.40. The molecule has 0 aliphatic rings. The lowest BCUT2D eigenvalue weighted by Gasteiger charge is -2.11. The van der Waals surface area contributed by atoms with E-state index in [1.165, 1.54) is 12.3 Å². The van der Waals surface area contributed by atoms with Gasteiger partial charge in [-0.25, -0.2) is 9.78 Å². The molecule has 2 aromatic rings. The van der Waals surface area contributed by atoms with E-state index in [0.29, 0.717) is 21.6 Å². The van der Waals surface area contributed by atoms with Crippen LogP contribution in [0.4, 0.5) is 11.5 Å². The number of carbonyl (C=O) groups is 1. The summed E-state index contributed by atoms with van der Waals surface area (Å²) in [6, 6.07) is 4.68. The van der Waals surface area contributed by atoms with Gasteiger partial charge in [-0.1, -0.05) is 34.8 Å². The van der Waals surface area contributed by atoms with Crippen molar-refractivity contribution in [1.82, 2.24) is 4.98 Å². The molecule has 0 radical (unpaired) electrons. The van der Waals surface area contributed by atoms with E-state index < -0.39 is 5.97 Å². The Balaban J connectivity index is 2.35. The fourth-order valence-electron chi connectivity index (χ4n) is 1.52. The molecule has 1 heterocycles. The minimum Gasteiger partial charge on any atom is -0.478 e. The molecule has 20 heavy (non-hydrogen) atoms. The maximum atomic E-state index is 10.8. The summed E-state index contributed by atoms with van der Waals surface area (Å²) in [5, 5.41) is 13.0. The third-order valence-electron chi connectivity index (χ3n) is 2.59. The largest absolute Gasteiger partial charge is 0.478 e. The highest BCUT2D eigenvalue weighted by atomic mass is 35.5. The molecule has 2 N–H and O–H groups in total. The van der Waals surface area contributed by atoms with Crippen LogP contribution in [0, 0.1) is 6.92 Å². The maximum Gasteiger partial charge on any atom is 0.337 e. The summed E-state index contributed by atoms with van der Waals surface area (Å²) in [6.45, 7) is 1.84. The normalized spacial score (nSPS) is 10.4. The lowest BCUT2D eigenvalue weighted by atomic mass is 10.2. The summed E-state index contributed by atoms with van der Waals surface area (Å²) in [5.74, 6) is -0.791. The number of carboxylic acids is 1. The quantitative estimate of drug-likeness (QED) is 0.848. The van der Waals surface area contributed by atoms with Crippen molar-refractivity contribution >= 4 is 52.3 Å². The van der Waals surface area contributed by atoms with Crippen LogP contribution in [0.15, 0.2) is 24.4 Å². The van der Waals surface area contributed by atoms with Crippen molar-refractivity contribution in [3.8, 4) is 0 Å². The van der Waals surface area contributed by atoms with E-state index >= 15 is 0 Å². The molecule has 7 heteroatoms. The molecule has 0 unspecified atom stereocenters. The number of hydrogen-bond acceptors (Lipinski definition) is 3. The molecule has 0 spiro atoms. The lowest BCUT2D eigenvalue weighted by Crippen LogP contribution is -2.01. The summed E-state index contributed by atoms with van der Waals surface area (Å²) >= 11 is 18.1. The van der Waals surface area contributed by atoms with Crippen LogP contribution in [0.25, 0.3) is 0 Å². The monoisotopic (exact) mass is 330 g/mol. The Bertz CT molecular complexity index is 690. The number of nitrogens with zero attached hydrogens (tertiary/aromatic N) is 1. The van der Waals surface area contributed by atoms with Crippen molar-refractivity contribution < 1.29 is 9.90 Å². The number of benzene rings is 1. The first-order valence-corrected chi connectivity index (χ1v) is 6.63. The molecular formula is C13H9Cl3N2O2. The average molecular weight is 332 g/mol. The van der Waals surface area contributed by atoms with Gasteiger partial charge in [0.2, 0.25) is 0 Å². The van der Waals surface area contributed by atoms with Crippen LogP contribution >= 0.6 is 34.8 Å². The van der Waals surface area contributed by atoms with Crippen LogP contribution in [-0.4, -0.2) is 16.1 Å². The van der Waals surface area contributed by atoms with Crippen molar-refractivity contribution in [3.05, 3.63) is 50.6 Å². The smallest absolute Gasteiger partial charge is 0.337 e. The Morgan fingerprint density at radius 3 is 2.45 bits per heavy atom. The number of halogens is 3. The molecule has 1 aromatic carbocycles. The Kier molecular flexibility index (Phi) is 4.38. The van der Waals surface area contributed by atoms with E-state index in [0.717, 1.165) is 5.56 Å². The Morgan fingerprint density at radius 2 is 1.85 bits per heavy atom. The van der Waals surface area contributed by atoms with Crippen LogP contribution in [-0.2, 0) is 0 Å². The number of pyridine rings is 1. The van der Waals surface area contributed by atoms with Gasteiger partial charge in [-0.2, -0.15) is 0 Å². The molecule has 0 aliphatic carbocycles. The second kappa shape index (κ2) is 5.87. The number of anilines is 2. The zero-order valence-electron chi connectivity index (χ0n) is 10.2. The van der Waals surface area contributed by atoms with E-state index in [1.54, 1.807) is 12.1 Å². The molecule has 0 aliphatic heterocycles. The molecule has 0 atom stereocenters. The SMILES string of the molecule is Cc1cc(Cl)c(Nc2ncc(C(=O)O)cc2Cl)cc1Cl. The third kappa shape index (κ3) is 3.15. The highest BCUT2D eigenvalue weighted by Crippen LogP contribution is 2.32. The third-order valence-corrected chi connectivity index (χ3v) is 3.60. The number of aromatic nitrogens is 1. The second-order valence-electron chi connectivity index (χ2n) is 4.07. The number of aromatic carboxylic acids is 1. The first kappa shape index (κ1) is 14.9. The van der Waals surface area contributed by atoms with E-state index in [-0.39, 0.29) is 10.6 Å². The standard InChI is InChI=1S/C13H9Cl3N2O2/c1-6-2-9(15)11(4-8(6)14)18-12-10(16)3-7(5-17-12)13(19)20/h2-5H,1H3,(H,17,18)(H,19,20). The number of aryl methyl sites for hydroxylation is 1. The Hall–Kier alpha value is -1.49. The molecule has 0 saturated carbocycles. The average Bonchev–Trinajstić information content (AvgIpc) is 2.37. The summed E-state index contributed by atoms with van der Waals surface area (Å²) in [6.07, 6.45) is 1.21. The van der Waals surface area contributed by atoms with E-state index in [1.807, 2.05) is 6.92 Å². The zero-order valence-corrected chi connectivity index (χ0v) is 12.5. The summed E-state index contributed by atoms with van der Waals surface area (Å²) < 4.78 is 0. The number of rotatable bonds is 3. The van der Waals surface area contributed by atoms with Gasteiger partial charge in [0.25, 0.3) is 0 Å². The molecule has 0 bridgehead atoms. The number of carboxylic acid groups (broad SMARTS) is 1. The zero-order chi connectivity index (χ0) is 14.9. The van der Waals surface area contributed by atoms with Gasteiger partial charge in [0.05, 0.1) is 21.3 Å². The molecule has 0 amide bonds. The van der Waals surface area contributed by atoms with Crippen molar-refractivity contribution in [2.45, 2.75) is 6.92 Å². The molecular weight excluding hydrogens is 323 g/mol. The van der Waals surface area contributed by atoms with E-state index in [2.05, 4.69) is 10.3 Å². The predicted octanol–water partition coefficient (Wildman–Crippen LogP) is 4.79. The molecule has 0 fully saturated rings. The summed E-state index contributed by atoms with van der Waals surface area (Å²) in [7, 11) is 0. The lowest BCUT2D eigenvalue weighted by molar-refractivity contribution is 0.0696. The summed E-state index contributed by atoms with van der Waals surface area (Å²) in [4.78, 5) is 14.8. The van der Waals surface area contributed by atoms with Crippen molar-refractivity contribution in [2.75, 3.05) is 5.32 Å². The van der Waals surface area contributed by atoms with Crippen molar-refractivity contribution in [3.63, 3.8) is 0 Å².